The Morgan fingerprint density at radius 3 is 2.00 bits per heavy atom. The van der Waals surface area contributed by atoms with E-state index < -0.39 is 41.3 Å². The number of carbonyl (C=O) groups is 1. The topological polar surface area (TPSA) is 82.3 Å². The third-order valence-electron chi connectivity index (χ3n) is 24.1. The average Bonchev–Trinajstić information content (AvgIpc) is 1.31. The molecule has 3 saturated heterocycles. The van der Waals surface area contributed by atoms with Crippen molar-refractivity contribution >= 4 is 5.91 Å². The van der Waals surface area contributed by atoms with E-state index in [-0.39, 0.29) is 72.3 Å². The van der Waals surface area contributed by atoms with Gasteiger partial charge in [-0.1, -0.05) is 83.1 Å². The smallest absolute Gasteiger partial charge is 0.341 e. The Morgan fingerprint density at radius 2 is 1.34 bits per heavy atom. The zero-order chi connectivity index (χ0) is 70.3. The van der Waals surface area contributed by atoms with E-state index in [1.807, 2.05) is 7.05 Å². The van der Waals surface area contributed by atoms with Crippen molar-refractivity contribution in [2.45, 2.75) is 221 Å². The van der Waals surface area contributed by atoms with E-state index in [1.165, 1.54) is 37.8 Å². The number of likely N-dealkylation sites (N-methyl/N-ethyl adjacent to an activating group) is 6. The van der Waals surface area contributed by atoms with Gasteiger partial charge in [-0.15, -0.1) is 0 Å². The van der Waals surface area contributed by atoms with E-state index in [0.29, 0.717) is 69.9 Å². The number of aryl methyl sites for hydroxylation is 1. The van der Waals surface area contributed by atoms with Crippen LogP contribution in [0, 0.1) is 29.4 Å². The largest absolute Gasteiger partial charge is 0.422 e. The van der Waals surface area contributed by atoms with E-state index in [1.54, 1.807) is 12.1 Å². The van der Waals surface area contributed by atoms with Gasteiger partial charge in [-0.2, -0.15) is 26.3 Å². The molecule has 2 bridgehead atoms. The van der Waals surface area contributed by atoms with Crippen molar-refractivity contribution in [3.05, 3.63) is 82.4 Å². The lowest BCUT2D eigenvalue weighted by Gasteiger charge is -2.43. The van der Waals surface area contributed by atoms with Crippen LogP contribution >= 0.6 is 0 Å². The zero-order valence-electron chi connectivity index (χ0n) is 60.8. The first-order valence-electron chi connectivity index (χ1n) is 37.9. The Balaban J connectivity index is 1.00. The maximum Gasteiger partial charge on any atom is 0.422 e. The number of likely N-dealkylation sites (tertiary alicyclic amines) is 1. The summed E-state index contributed by atoms with van der Waals surface area (Å²) in [7, 11) is 13.3. The molecule has 6 fully saturated rings. The first-order chi connectivity index (χ1) is 46.7. The summed E-state index contributed by atoms with van der Waals surface area (Å²) < 4.78 is 129. The van der Waals surface area contributed by atoms with Crippen molar-refractivity contribution in [1.29, 1.82) is 0 Å². The van der Waals surface area contributed by atoms with Gasteiger partial charge in [-0.3, -0.25) is 19.5 Å². The van der Waals surface area contributed by atoms with E-state index in [0.717, 1.165) is 179 Å². The predicted molar refractivity (Wildman–Crippen MR) is 376 cm³/mol. The van der Waals surface area contributed by atoms with Gasteiger partial charge in [-0.05, 0) is 185 Å². The number of hydrogen-bond donors (Lipinski definition) is 3. The van der Waals surface area contributed by atoms with Crippen molar-refractivity contribution in [3.63, 3.8) is 0 Å². The molecule has 0 radical (unpaired) electrons. The number of hydrogen-bond acceptors (Lipinski definition) is 12. The molecule has 22 heteroatoms. The normalized spacial score (nSPS) is 31.3. The molecule has 3 N–H and O–H groups in total. The fraction of sp³-hybridized carbons (Fsp3) is 0.803. The molecule has 3 saturated carbocycles. The zero-order valence-corrected chi connectivity index (χ0v) is 60.8. The third kappa shape index (κ3) is 23.0. The highest BCUT2D eigenvalue weighted by Crippen LogP contribution is 2.39. The monoisotopic (exact) mass is 1390 g/mol. The summed E-state index contributed by atoms with van der Waals surface area (Å²) in [4.78, 5) is 36.6. The summed E-state index contributed by atoms with van der Waals surface area (Å²) in [6.45, 7) is 16.5. The summed E-state index contributed by atoms with van der Waals surface area (Å²) in [5.41, 5.74) is -1.90. The number of carbonyl (C=O) groups excluding carboxylic acids is 1. The minimum atomic E-state index is -5.20. The lowest BCUT2D eigenvalue weighted by Crippen LogP contribution is -2.59. The molecule has 11 atom stereocenters. The maximum atomic E-state index is 16.1. The number of nitrogens with one attached hydrogen (secondary N) is 3. The Hall–Kier alpha value is -3.42. The van der Waals surface area contributed by atoms with Gasteiger partial charge in [0.05, 0.1) is 11.6 Å². The van der Waals surface area contributed by atoms with Crippen LogP contribution in [0.5, 0.6) is 0 Å². The number of benzene rings is 2. The molecule has 0 aromatic heterocycles. The predicted octanol–water partition coefficient (Wildman–Crippen LogP) is 11.6. The van der Waals surface area contributed by atoms with Gasteiger partial charge >= 0.3 is 12.4 Å². The van der Waals surface area contributed by atoms with Crippen LogP contribution in [0.15, 0.2) is 48.6 Å². The van der Waals surface area contributed by atoms with E-state index in [2.05, 4.69) is 121 Å². The molecule has 1 spiro atoms. The number of fused-ring (bicyclic) bond motifs is 3. The first kappa shape index (κ1) is 78.7. The lowest BCUT2D eigenvalue weighted by molar-refractivity contribution is -0.142. The van der Waals surface area contributed by atoms with E-state index >= 15 is 13.2 Å². The van der Waals surface area contributed by atoms with Crippen LogP contribution < -0.4 is 16.0 Å². The summed E-state index contributed by atoms with van der Waals surface area (Å²) >= 11 is 0. The van der Waals surface area contributed by atoms with Crippen LogP contribution in [-0.4, -0.2) is 264 Å². The van der Waals surface area contributed by atoms with Gasteiger partial charge < -0.3 is 45.3 Å². The average molecular weight is 1390 g/mol. The second-order valence-corrected chi connectivity index (χ2v) is 31.7. The second-order valence-electron chi connectivity index (χ2n) is 31.7. The Labute approximate surface area is 582 Å². The molecule has 13 nitrogen and oxygen atoms in total. The van der Waals surface area contributed by atoms with Crippen LogP contribution in [0.2, 0.25) is 0 Å². The molecule has 3 aliphatic carbocycles. The maximum absolute atomic E-state index is 16.1. The van der Waals surface area contributed by atoms with Gasteiger partial charge in [0, 0.05) is 159 Å². The van der Waals surface area contributed by atoms with Crippen LogP contribution in [0.3, 0.4) is 0 Å². The van der Waals surface area contributed by atoms with Crippen molar-refractivity contribution in [3.8, 4) is 0 Å². The van der Waals surface area contributed by atoms with E-state index in [4.69, 9.17) is 0 Å². The molecule has 4 heterocycles. The van der Waals surface area contributed by atoms with Crippen LogP contribution in [-0.2, 0) is 30.0 Å². The van der Waals surface area contributed by atoms with Crippen LogP contribution in [0.25, 0.3) is 0 Å². The summed E-state index contributed by atoms with van der Waals surface area (Å²) in [6.07, 6.45) is 13.1. The fourth-order valence-corrected chi connectivity index (χ4v) is 17.4. The van der Waals surface area contributed by atoms with Crippen LogP contribution in [0.1, 0.15) is 158 Å². The van der Waals surface area contributed by atoms with Crippen molar-refractivity contribution < 1.29 is 44.3 Å². The molecule has 7 aliphatic rings. The molecule has 4 aliphatic heterocycles. The first-order valence-corrected chi connectivity index (χ1v) is 37.9. The minimum absolute atomic E-state index is 0.0768. The Bertz CT molecular complexity index is 2720. The quantitative estimate of drug-likeness (QED) is 0.148. The number of nitrogens with zero attached hydrogens (tertiary/aromatic N) is 9. The highest BCUT2D eigenvalue weighted by atomic mass is 19.4. The number of alkyl halides is 7. The number of amides is 1. The Kier molecular flexibility index (Phi) is 29.6. The molecule has 2 aromatic carbocycles. The standard InChI is InChI=1S/C76H123F9N12O/c1-9-55(2)69-52-90(4)39-40-92(6)63-21-11-10-16-36-96(51-63)66(42-57-24-27-60(28-25-57)75(80,81)82)50-89(3)38-33-86-62(29-26-58-43-67(78)72(68(79)44-58)76(83,84)85)49-97-48-61(77)45-65(97)47-88-74(31-14-15-32-74)54-94(8)71(59-19-12-13-20-59)53-93(7)70(73(98)95-34-17-18-35-95)30-37-91(5)64(46-87-69)41-56-22-23-56/h10-11,24-25,27-28,43-44,55-56,59,61-66,69-71,86-88H,9,12-23,26,29-42,45-54H2,1-8H3/b11-10-/t55-,61+,62-,63-,64-,65-,66-,69+,70-,71+/m0/s1. The van der Waals surface area contributed by atoms with Gasteiger partial charge in [0.1, 0.15) is 23.4 Å². The van der Waals surface area contributed by atoms with Crippen LogP contribution in [0.4, 0.5) is 39.5 Å². The molecule has 98 heavy (non-hydrogen) atoms. The molecular formula is C76H123F9N12O. The molecule has 1 amide bonds. The highest BCUT2D eigenvalue weighted by Gasteiger charge is 2.44. The summed E-state index contributed by atoms with van der Waals surface area (Å²) in [5.74, 6) is -1.39. The lowest BCUT2D eigenvalue weighted by atomic mass is 9.91. The SMILES string of the molecule is CC[C@H](C)[C@H]1CN(C)CCN(C)[C@H]2C/C=C\CCN(C2)[C@@H](Cc2ccc(C(F)(F)F)cc2)CN(C)CCN[C@@H](CCc2cc(F)c(C(F)(F)F)c(F)c2)CN2C[C@H](F)C[C@H]2CNC2(CCCC2)CN(C)[C@@H](C2CCCC2)CN(C)[C@H](C(=O)N2CCCC2)CCN(C)[C@@H](CC2CC2)CN1. The molecule has 2 aromatic rings. The van der Waals surface area contributed by atoms with Gasteiger partial charge in [-0.25, -0.2) is 13.2 Å². The molecule has 9 rings (SSSR count). The van der Waals surface area contributed by atoms with Gasteiger partial charge in [0.2, 0.25) is 5.91 Å². The van der Waals surface area contributed by atoms with E-state index in [9.17, 15) is 31.1 Å². The van der Waals surface area contributed by atoms with Crippen molar-refractivity contribution in [1.82, 2.24) is 60.0 Å². The van der Waals surface area contributed by atoms with Crippen molar-refractivity contribution in [2.75, 3.05) is 154 Å². The molecule has 1 unspecified atom stereocenters. The third-order valence-corrected chi connectivity index (χ3v) is 24.1. The van der Waals surface area contributed by atoms with Gasteiger partial charge in [0.15, 0.2) is 0 Å². The minimum Gasteiger partial charge on any atom is -0.341 e. The molecular weight excluding hydrogens is 1270 g/mol. The number of rotatable bonds is 11. The summed E-state index contributed by atoms with van der Waals surface area (Å²) in [6, 6.07) is 7.25. The second kappa shape index (κ2) is 36.8. The number of halogens is 9. The molecule has 556 valence electrons. The summed E-state index contributed by atoms with van der Waals surface area (Å²) in [5, 5.41) is 12.0. The van der Waals surface area contributed by atoms with Gasteiger partial charge in [0.25, 0.3) is 0 Å². The Morgan fingerprint density at radius 1 is 0.643 bits per heavy atom. The fourth-order valence-electron chi connectivity index (χ4n) is 17.4. The highest BCUT2D eigenvalue weighted by molar-refractivity contribution is 5.82. The van der Waals surface area contributed by atoms with Crippen molar-refractivity contribution in [2.24, 2.45) is 17.8 Å².